The van der Waals surface area contributed by atoms with Gasteiger partial charge in [0, 0.05) is 12.6 Å². The first-order valence-electron chi connectivity index (χ1n) is 7.48. The Hall–Kier alpha value is -1.66. The minimum atomic E-state index is 0.0989. The molecule has 6 heteroatoms. The number of furan rings is 1. The Labute approximate surface area is 123 Å². The lowest BCUT2D eigenvalue weighted by molar-refractivity contribution is 0.0498. The van der Waals surface area contributed by atoms with Crippen molar-refractivity contribution in [3.63, 3.8) is 0 Å². The molecule has 2 aromatic heterocycles. The zero-order valence-electron chi connectivity index (χ0n) is 12.5. The summed E-state index contributed by atoms with van der Waals surface area (Å²) in [5, 5.41) is 7.59. The van der Waals surface area contributed by atoms with Crippen molar-refractivity contribution in [2.45, 2.75) is 38.6 Å². The fourth-order valence-corrected chi connectivity index (χ4v) is 2.64. The molecule has 3 heterocycles. The SMILES string of the molecule is CCCNC1CCOCC1c1nc(-c2occc2C)no1. The molecule has 1 aliphatic heterocycles. The number of hydrogen-bond acceptors (Lipinski definition) is 6. The molecule has 0 aliphatic carbocycles. The molecule has 0 amide bonds. The van der Waals surface area contributed by atoms with E-state index in [1.165, 1.54) is 0 Å². The molecular weight excluding hydrogens is 270 g/mol. The molecule has 21 heavy (non-hydrogen) atoms. The standard InChI is InChI=1S/C15H21N3O3/c1-3-6-16-12-5-7-19-9-11(12)15-17-14(18-21-15)13-10(2)4-8-20-13/h4,8,11-12,16H,3,5-7,9H2,1-2H3. The van der Waals surface area contributed by atoms with Crippen molar-refractivity contribution in [1.29, 1.82) is 0 Å². The first-order valence-corrected chi connectivity index (χ1v) is 7.48. The predicted octanol–water partition coefficient (Wildman–Crippen LogP) is 2.51. The highest BCUT2D eigenvalue weighted by Gasteiger charge is 2.31. The molecule has 2 aromatic rings. The summed E-state index contributed by atoms with van der Waals surface area (Å²) in [5.74, 6) is 1.89. The minimum Gasteiger partial charge on any atom is -0.461 e. The Bertz CT molecular complexity index is 578. The molecule has 0 radical (unpaired) electrons. The van der Waals surface area contributed by atoms with Gasteiger partial charge in [-0.2, -0.15) is 4.98 Å². The number of aromatic nitrogens is 2. The first kappa shape index (κ1) is 14.3. The maximum absolute atomic E-state index is 5.58. The summed E-state index contributed by atoms with van der Waals surface area (Å²) in [6.45, 7) is 6.49. The third kappa shape index (κ3) is 3.01. The second kappa shape index (κ2) is 6.41. The lowest BCUT2D eigenvalue weighted by atomic mass is 9.95. The minimum absolute atomic E-state index is 0.0989. The van der Waals surface area contributed by atoms with E-state index in [-0.39, 0.29) is 5.92 Å². The van der Waals surface area contributed by atoms with Crippen LogP contribution >= 0.6 is 0 Å². The summed E-state index contributed by atoms with van der Waals surface area (Å²) in [7, 11) is 0. The van der Waals surface area contributed by atoms with Crippen molar-refractivity contribution in [1.82, 2.24) is 15.5 Å². The second-order valence-corrected chi connectivity index (χ2v) is 5.42. The van der Waals surface area contributed by atoms with E-state index in [1.807, 2.05) is 13.0 Å². The van der Waals surface area contributed by atoms with Crippen molar-refractivity contribution in [2.75, 3.05) is 19.8 Å². The zero-order chi connectivity index (χ0) is 14.7. The molecule has 2 unspecified atom stereocenters. The summed E-state index contributed by atoms with van der Waals surface area (Å²) in [4.78, 5) is 4.50. The van der Waals surface area contributed by atoms with Crippen LogP contribution < -0.4 is 5.32 Å². The van der Waals surface area contributed by atoms with Crippen LogP contribution in [0.2, 0.25) is 0 Å². The molecule has 1 aliphatic rings. The van der Waals surface area contributed by atoms with Crippen LogP contribution in [0.1, 0.15) is 37.1 Å². The molecule has 0 saturated carbocycles. The molecule has 1 saturated heterocycles. The van der Waals surface area contributed by atoms with Gasteiger partial charge in [0.25, 0.3) is 0 Å². The van der Waals surface area contributed by atoms with E-state index in [0.717, 1.165) is 31.6 Å². The van der Waals surface area contributed by atoms with Crippen molar-refractivity contribution >= 4 is 0 Å². The monoisotopic (exact) mass is 291 g/mol. The van der Waals surface area contributed by atoms with Gasteiger partial charge >= 0.3 is 0 Å². The van der Waals surface area contributed by atoms with Crippen molar-refractivity contribution in [3.05, 3.63) is 23.8 Å². The van der Waals surface area contributed by atoms with Gasteiger partial charge < -0.3 is 19.0 Å². The van der Waals surface area contributed by atoms with E-state index in [1.54, 1.807) is 6.26 Å². The average molecular weight is 291 g/mol. The molecule has 114 valence electrons. The van der Waals surface area contributed by atoms with Crippen LogP contribution in [-0.2, 0) is 4.74 Å². The van der Waals surface area contributed by atoms with Crippen molar-refractivity contribution < 1.29 is 13.7 Å². The van der Waals surface area contributed by atoms with Gasteiger partial charge in [0.15, 0.2) is 5.76 Å². The van der Waals surface area contributed by atoms with Crippen LogP contribution in [0.3, 0.4) is 0 Å². The highest BCUT2D eigenvalue weighted by molar-refractivity contribution is 5.51. The molecule has 1 N–H and O–H groups in total. The topological polar surface area (TPSA) is 73.3 Å². The van der Waals surface area contributed by atoms with Gasteiger partial charge in [-0.05, 0) is 37.9 Å². The average Bonchev–Trinajstić information content (AvgIpc) is 3.14. The Morgan fingerprint density at radius 2 is 2.33 bits per heavy atom. The Balaban J connectivity index is 1.79. The van der Waals surface area contributed by atoms with Crippen LogP contribution in [0, 0.1) is 6.92 Å². The van der Waals surface area contributed by atoms with Crippen molar-refractivity contribution in [3.8, 4) is 11.6 Å². The summed E-state index contributed by atoms with van der Waals surface area (Å²) < 4.78 is 16.4. The number of nitrogens with one attached hydrogen (secondary N) is 1. The number of rotatable bonds is 5. The number of ether oxygens (including phenoxy) is 1. The molecule has 6 nitrogen and oxygen atoms in total. The summed E-state index contributed by atoms with van der Waals surface area (Å²) in [6, 6.07) is 2.21. The van der Waals surface area contributed by atoms with E-state index in [2.05, 4.69) is 22.4 Å². The van der Waals surface area contributed by atoms with Crippen LogP contribution in [-0.4, -0.2) is 35.9 Å². The van der Waals surface area contributed by atoms with Gasteiger partial charge in [-0.25, -0.2) is 0 Å². The summed E-state index contributed by atoms with van der Waals surface area (Å²) in [6.07, 6.45) is 3.70. The summed E-state index contributed by atoms with van der Waals surface area (Å²) in [5.41, 5.74) is 1.00. The smallest absolute Gasteiger partial charge is 0.238 e. The van der Waals surface area contributed by atoms with Crippen molar-refractivity contribution in [2.24, 2.45) is 0 Å². The Morgan fingerprint density at radius 1 is 1.43 bits per heavy atom. The van der Waals surface area contributed by atoms with E-state index in [9.17, 15) is 0 Å². The van der Waals surface area contributed by atoms with E-state index < -0.39 is 0 Å². The highest BCUT2D eigenvalue weighted by Crippen LogP contribution is 2.28. The van der Waals surface area contributed by atoms with Gasteiger partial charge in [-0.15, -0.1) is 0 Å². The molecule has 0 spiro atoms. The molecule has 3 rings (SSSR count). The molecule has 1 fully saturated rings. The first-order chi connectivity index (χ1) is 10.3. The fraction of sp³-hybridized carbons (Fsp3) is 0.600. The number of hydrogen-bond donors (Lipinski definition) is 1. The van der Waals surface area contributed by atoms with Crippen LogP contribution in [0.15, 0.2) is 21.3 Å². The van der Waals surface area contributed by atoms with E-state index >= 15 is 0 Å². The van der Waals surface area contributed by atoms with Gasteiger partial charge in [-0.1, -0.05) is 12.1 Å². The maximum Gasteiger partial charge on any atom is 0.238 e. The number of aryl methyl sites for hydroxylation is 1. The second-order valence-electron chi connectivity index (χ2n) is 5.42. The van der Waals surface area contributed by atoms with Crippen LogP contribution in [0.25, 0.3) is 11.6 Å². The van der Waals surface area contributed by atoms with Gasteiger partial charge in [-0.3, -0.25) is 0 Å². The molecule has 0 bridgehead atoms. The zero-order valence-corrected chi connectivity index (χ0v) is 12.5. The normalized spacial score (nSPS) is 22.6. The van der Waals surface area contributed by atoms with Crippen LogP contribution in [0.5, 0.6) is 0 Å². The molecule has 2 atom stereocenters. The maximum atomic E-state index is 5.58. The highest BCUT2D eigenvalue weighted by atomic mass is 16.5. The largest absolute Gasteiger partial charge is 0.461 e. The summed E-state index contributed by atoms with van der Waals surface area (Å²) >= 11 is 0. The molecular formula is C15H21N3O3. The third-order valence-electron chi connectivity index (χ3n) is 3.84. The predicted molar refractivity (Wildman–Crippen MR) is 77.0 cm³/mol. The Kier molecular flexibility index (Phi) is 4.36. The van der Waals surface area contributed by atoms with Crippen LogP contribution in [0.4, 0.5) is 0 Å². The van der Waals surface area contributed by atoms with Gasteiger partial charge in [0.05, 0.1) is 18.8 Å². The Morgan fingerprint density at radius 3 is 3.10 bits per heavy atom. The lowest BCUT2D eigenvalue weighted by Gasteiger charge is -2.29. The fourth-order valence-electron chi connectivity index (χ4n) is 2.64. The van der Waals surface area contributed by atoms with E-state index in [0.29, 0.717) is 30.1 Å². The van der Waals surface area contributed by atoms with E-state index in [4.69, 9.17) is 13.7 Å². The third-order valence-corrected chi connectivity index (χ3v) is 3.84. The lowest BCUT2D eigenvalue weighted by Crippen LogP contribution is -2.41. The number of nitrogens with zero attached hydrogens (tertiary/aromatic N) is 2. The van der Waals surface area contributed by atoms with Gasteiger partial charge in [0.1, 0.15) is 0 Å². The van der Waals surface area contributed by atoms with Gasteiger partial charge in [0.2, 0.25) is 11.7 Å². The quantitative estimate of drug-likeness (QED) is 0.912. The molecule has 0 aromatic carbocycles.